The highest BCUT2D eigenvalue weighted by Gasteiger charge is 2.16. The third-order valence-electron chi connectivity index (χ3n) is 5.07. The van der Waals surface area contributed by atoms with Crippen LogP contribution in [0.2, 0.25) is 0 Å². The predicted octanol–water partition coefficient (Wildman–Crippen LogP) is 1.90. The summed E-state index contributed by atoms with van der Waals surface area (Å²) >= 11 is 0. The number of ether oxygens (including phenoxy) is 1. The molecule has 28 heavy (non-hydrogen) atoms. The largest absolute Gasteiger partial charge is 0.383 e. The highest BCUT2D eigenvalue weighted by molar-refractivity contribution is 14.0. The van der Waals surface area contributed by atoms with Crippen molar-refractivity contribution in [2.75, 3.05) is 46.4 Å². The van der Waals surface area contributed by atoms with Gasteiger partial charge in [-0.3, -0.25) is 4.99 Å². The number of methoxy groups -OCH3 is 1. The first-order valence-electron chi connectivity index (χ1n) is 10.4. The number of guanidine groups is 1. The van der Waals surface area contributed by atoms with Crippen LogP contribution in [0, 0.1) is 0 Å². The Morgan fingerprint density at radius 1 is 1.29 bits per heavy atom. The van der Waals surface area contributed by atoms with Gasteiger partial charge in [0.2, 0.25) is 0 Å². The summed E-state index contributed by atoms with van der Waals surface area (Å²) in [6.07, 6.45) is 7.81. The molecule has 0 spiro atoms. The SMILES string of the molecule is CCc1nncn1CCNC(=NCCCN1CCCCC1C)NCCOC.I. The van der Waals surface area contributed by atoms with Crippen molar-refractivity contribution in [2.24, 2.45) is 4.99 Å². The third kappa shape index (κ3) is 9.04. The van der Waals surface area contributed by atoms with Crippen LogP contribution in [0.1, 0.15) is 45.4 Å². The van der Waals surface area contributed by atoms with E-state index in [1.807, 2.05) is 0 Å². The van der Waals surface area contributed by atoms with Crippen LogP contribution in [0.5, 0.6) is 0 Å². The van der Waals surface area contributed by atoms with Crippen molar-refractivity contribution in [2.45, 2.75) is 58.5 Å². The maximum absolute atomic E-state index is 5.13. The van der Waals surface area contributed by atoms with Crippen LogP contribution in [0.15, 0.2) is 11.3 Å². The van der Waals surface area contributed by atoms with E-state index in [4.69, 9.17) is 9.73 Å². The molecule has 2 rings (SSSR count). The predicted molar refractivity (Wildman–Crippen MR) is 125 cm³/mol. The fourth-order valence-electron chi connectivity index (χ4n) is 3.43. The lowest BCUT2D eigenvalue weighted by Gasteiger charge is -2.33. The molecule has 1 saturated heterocycles. The lowest BCUT2D eigenvalue weighted by Crippen LogP contribution is -2.41. The number of hydrogen-bond acceptors (Lipinski definition) is 5. The Bertz CT molecular complexity index is 552. The molecule has 1 fully saturated rings. The Balaban J connectivity index is 0.00000392. The van der Waals surface area contributed by atoms with Crippen LogP contribution in [0.4, 0.5) is 0 Å². The van der Waals surface area contributed by atoms with Crippen LogP contribution in [-0.2, 0) is 17.7 Å². The molecule has 0 aliphatic carbocycles. The van der Waals surface area contributed by atoms with Gasteiger partial charge in [0.05, 0.1) is 6.61 Å². The second-order valence-electron chi connectivity index (χ2n) is 7.11. The zero-order valence-electron chi connectivity index (χ0n) is 17.7. The molecule has 1 aromatic rings. The van der Waals surface area contributed by atoms with E-state index in [2.05, 4.69) is 44.1 Å². The minimum Gasteiger partial charge on any atom is -0.383 e. The fraction of sp³-hybridized carbons (Fsp3) is 0.842. The van der Waals surface area contributed by atoms with Crippen LogP contribution in [0.25, 0.3) is 0 Å². The van der Waals surface area contributed by atoms with E-state index in [0.717, 1.165) is 63.4 Å². The van der Waals surface area contributed by atoms with Gasteiger partial charge in [-0.2, -0.15) is 0 Å². The second kappa shape index (κ2) is 15.0. The smallest absolute Gasteiger partial charge is 0.191 e. The molecular formula is C19H38IN7O. The summed E-state index contributed by atoms with van der Waals surface area (Å²) in [5, 5.41) is 14.8. The zero-order valence-corrected chi connectivity index (χ0v) is 20.0. The molecule has 0 saturated carbocycles. The number of nitrogens with one attached hydrogen (secondary N) is 2. The van der Waals surface area contributed by atoms with Crippen molar-refractivity contribution in [3.05, 3.63) is 12.2 Å². The Labute approximate surface area is 186 Å². The minimum absolute atomic E-state index is 0. The Kier molecular flexibility index (Phi) is 13.4. The molecule has 1 unspecified atom stereocenters. The van der Waals surface area contributed by atoms with Crippen molar-refractivity contribution in [3.8, 4) is 0 Å². The Hall–Kier alpha value is -0.940. The average molecular weight is 507 g/mol. The minimum atomic E-state index is 0. The van der Waals surface area contributed by atoms with Crippen LogP contribution >= 0.6 is 24.0 Å². The Morgan fingerprint density at radius 3 is 2.86 bits per heavy atom. The van der Waals surface area contributed by atoms with Gasteiger partial charge in [-0.05, 0) is 32.7 Å². The maximum atomic E-state index is 5.13. The average Bonchev–Trinajstić information content (AvgIpc) is 3.13. The summed E-state index contributed by atoms with van der Waals surface area (Å²) in [5.41, 5.74) is 0. The van der Waals surface area contributed by atoms with Crippen LogP contribution in [-0.4, -0.2) is 78.1 Å². The number of piperidine rings is 1. The normalized spacial score (nSPS) is 18.0. The second-order valence-corrected chi connectivity index (χ2v) is 7.11. The van der Waals surface area contributed by atoms with Gasteiger partial charge < -0.3 is 24.8 Å². The standard InChI is InChI=1S/C19H37N7O.HI/c1-4-18-24-23-16-26(18)14-10-21-19(22-11-15-27-3)20-9-7-13-25-12-6-5-8-17(25)2;/h16-17H,4-15H2,1-3H3,(H2,20,21,22);1H. The number of aryl methyl sites for hydroxylation is 1. The quantitative estimate of drug-likeness (QED) is 0.206. The van der Waals surface area contributed by atoms with Gasteiger partial charge in [0.25, 0.3) is 0 Å². The number of rotatable bonds is 11. The molecule has 0 radical (unpaired) electrons. The first-order chi connectivity index (χ1) is 13.2. The number of hydrogen-bond donors (Lipinski definition) is 2. The van der Waals surface area contributed by atoms with Gasteiger partial charge >= 0.3 is 0 Å². The molecule has 0 bridgehead atoms. The molecule has 2 N–H and O–H groups in total. The first kappa shape index (κ1) is 25.1. The molecular weight excluding hydrogens is 469 g/mol. The molecule has 162 valence electrons. The summed E-state index contributed by atoms with van der Waals surface area (Å²) in [6.45, 7) is 10.7. The summed E-state index contributed by atoms with van der Waals surface area (Å²) in [5.74, 6) is 1.86. The van der Waals surface area contributed by atoms with E-state index < -0.39 is 0 Å². The zero-order chi connectivity index (χ0) is 19.3. The number of likely N-dealkylation sites (tertiary alicyclic amines) is 1. The molecule has 8 nitrogen and oxygen atoms in total. The highest BCUT2D eigenvalue weighted by Crippen LogP contribution is 2.16. The van der Waals surface area contributed by atoms with Crippen molar-refractivity contribution in [1.29, 1.82) is 0 Å². The molecule has 1 aliphatic rings. The molecule has 0 aromatic carbocycles. The number of aromatic nitrogens is 3. The van der Waals surface area contributed by atoms with E-state index in [0.29, 0.717) is 6.61 Å². The van der Waals surface area contributed by atoms with E-state index in [1.54, 1.807) is 13.4 Å². The van der Waals surface area contributed by atoms with Gasteiger partial charge in [0.1, 0.15) is 12.2 Å². The van der Waals surface area contributed by atoms with Gasteiger partial charge in [-0.25, -0.2) is 0 Å². The lowest BCUT2D eigenvalue weighted by atomic mass is 10.0. The molecule has 1 atom stereocenters. The summed E-state index contributed by atoms with van der Waals surface area (Å²) in [6, 6.07) is 0.719. The van der Waals surface area contributed by atoms with E-state index >= 15 is 0 Å². The van der Waals surface area contributed by atoms with Crippen LogP contribution in [0.3, 0.4) is 0 Å². The lowest BCUT2D eigenvalue weighted by molar-refractivity contribution is 0.160. The molecule has 9 heteroatoms. The monoisotopic (exact) mass is 507 g/mol. The van der Waals surface area contributed by atoms with Gasteiger partial charge in [-0.1, -0.05) is 13.3 Å². The molecule has 1 aromatic heterocycles. The first-order valence-corrected chi connectivity index (χ1v) is 10.4. The van der Waals surface area contributed by atoms with Crippen LogP contribution < -0.4 is 10.6 Å². The van der Waals surface area contributed by atoms with Crippen molar-refractivity contribution in [1.82, 2.24) is 30.3 Å². The fourth-order valence-corrected chi connectivity index (χ4v) is 3.43. The van der Waals surface area contributed by atoms with Crippen molar-refractivity contribution in [3.63, 3.8) is 0 Å². The molecule has 2 heterocycles. The van der Waals surface area contributed by atoms with Crippen molar-refractivity contribution < 1.29 is 4.74 Å². The topological polar surface area (TPSA) is 79.6 Å². The van der Waals surface area contributed by atoms with Crippen molar-refractivity contribution >= 4 is 29.9 Å². The number of nitrogens with zero attached hydrogens (tertiary/aromatic N) is 5. The van der Waals surface area contributed by atoms with E-state index in [1.165, 1.54) is 25.8 Å². The van der Waals surface area contributed by atoms with Gasteiger partial charge in [0, 0.05) is 52.3 Å². The molecule has 0 amide bonds. The summed E-state index contributed by atoms with van der Waals surface area (Å²) in [4.78, 5) is 7.34. The van der Waals surface area contributed by atoms with Gasteiger partial charge in [0.15, 0.2) is 5.96 Å². The molecule has 1 aliphatic heterocycles. The summed E-state index contributed by atoms with van der Waals surface area (Å²) < 4.78 is 7.21. The highest BCUT2D eigenvalue weighted by atomic mass is 127. The number of aliphatic imine (C=N–C) groups is 1. The van der Waals surface area contributed by atoms with E-state index in [-0.39, 0.29) is 24.0 Å². The Morgan fingerprint density at radius 2 is 2.11 bits per heavy atom. The third-order valence-corrected chi connectivity index (χ3v) is 5.07. The maximum Gasteiger partial charge on any atom is 0.191 e. The van der Waals surface area contributed by atoms with E-state index in [9.17, 15) is 0 Å². The van der Waals surface area contributed by atoms with Gasteiger partial charge in [-0.15, -0.1) is 34.2 Å². The number of halogens is 1. The summed E-state index contributed by atoms with van der Waals surface area (Å²) in [7, 11) is 1.71.